The van der Waals surface area contributed by atoms with Crippen molar-refractivity contribution >= 4 is 27.8 Å². The summed E-state index contributed by atoms with van der Waals surface area (Å²) in [7, 11) is 0. The largest absolute Gasteiger partial charge is 0.480 e. The maximum Gasteiger partial charge on any atom is 0.323 e. The zero-order valence-corrected chi connectivity index (χ0v) is 13.0. The number of carboxylic acids is 1. The number of nitrogens with zero attached hydrogens (tertiary/aromatic N) is 1. The maximum absolute atomic E-state index is 12.6. The fourth-order valence-electron chi connectivity index (χ4n) is 2.67. The Kier molecular flexibility index (Phi) is 4.81. The number of aliphatic carboxylic acids is 1. The number of rotatable bonds is 4. The summed E-state index contributed by atoms with van der Waals surface area (Å²) in [5.41, 5.74) is 1.52. The van der Waals surface area contributed by atoms with Crippen LogP contribution in [0.25, 0.3) is 0 Å². The van der Waals surface area contributed by atoms with Crippen LogP contribution in [0.4, 0.5) is 0 Å². The predicted octanol–water partition coefficient (Wildman–Crippen LogP) is 3.23. The number of carboxylic acid groups (broad SMARTS) is 1. The molecule has 4 nitrogen and oxygen atoms in total. The van der Waals surface area contributed by atoms with E-state index >= 15 is 0 Å². The second-order valence-electron chi connectivity index (χ2n) is 5.23. The van der Waals surface area contributed by atoms with Gasteiger partial charge in [0.25, 0.3) is 5.91 Å². The van der Waals surface area contributed by atoms with E-state index in [9.17, 15) is 9.59 Å². The van der Waals surface area contributed by atoms with Gasteiger partial charge in [-0.25, -0.2) is 0 Å². The minimum absolute atomic E-state index is 0.0579. The van der Waals surface area contributed by atoms with Crippen molar-refractivity contribution in [2.24, 2.45) is 0 Å². The van der Waals surface area contributed by atoms with Crippen molar-refractivity contribution in [3.05, 3.63) is 33.8 Å². The van der Waals surface area contributed by atoms with E-state index in [0.717, 1.165) is 35.7 Å². The highest BCUT2D eigenvalue weighted by molar-refractivity contribution is 9.10. The molecule has 0 aliphatic heterocycles. The third-order valence-corrected chi connectivity index (χ3v) is 4.63. The minimum atomic E-state index is -0.959. The highest BCUT2D eigenvalue weighted by Crippen LogP contribution is 2.26. The fourth-order valence-corrected chi connectivity index (χ4v) is 2.92. The van der Waals surface area contributed by atoms with Crippen LogP contribution in [0.2, 0.25) is 0 Å². The lowest BCUT2D eigenvalue weighted by Crippen LogP contribution is -2.42. The van der Waals surface area contributed by atoms with E-state index in [1.807, 2.05) is 13.0 Å². The molecule has 0 spiro atoms. The standard InChI is InChI=1S/C15H18BrNO3/c1-10-8-11(6-7-13(10)16)15(20)17(9-14(18)19)12-4-2-3-5-12/h6-8,12H,2-5,9H2,1H3,(H,18,19). The Labute approximate surface area is 126 Å². The number of carbonyl (C=O) groups excluding carboxylic acids is 1. The van der Waals surface area contributed by atoms with Crippen LogP contribution in [-0.4, -0.2) is 34.5 Å². The topological polar surface area (TPSA) is 57.6 Å². The molecule has 2 rings (SSSR count). The van der Waals surface area contributed by atoms with Gasteiger partial charge in [-0.1, -0.05) is 28.8 Å². The predicted molar refractivity (Wildman–Crippen MR) is 79.8 cm³/mol. The number of carbonyl (C=O) groups is 2. The molecule has 1 N–H and O–H groups in total. The van der Waals surface area contributed by atoms with Gasteiger partial charge in [0.1, 0.15) is 6.54 Å². The number of benzene rings is 1. The van der Waals surface area contributed by atoms with E-state index in [1.165, 1.54) is 4.90 Å². The molecule has 1 aliphatic rings. The summed E-state index contributed by atoms with van der Waals surface area (Å²) >= 11 is 3.40. The van der Waals surface area contributed by atoms with Gasteiger partial charge >= 0.3 is 5.97 Å². The second kappa shape index (κ2) is 6.39. The highest BCUT2D eigenvalue weighted by atomic mass is 79.9. The molecule has 1 saturated carbocycles. The molecule has 108 valence electrons. The van der Waals surface area contributed by atoms with E-state index in [4.69, 9.17) is 5.11 Å². The summed E-state index contributed by atoms with van der Waals surface area (Å²) in [6, 6.07) is 5.43. The Morgan fingerprint density at radius 1 is 1.35 bits per heavy atom. The quantitative estimate of drug-likeness (QED) is 0.916. The molecular formula is C15H18BrNO3. The molecule has 1 aromatic rings. The lowest BCUT2D eigenvalue weighted by Gasteiger charge is -2.27. The van der Waals surface area contributed by atoms with Gasteiger partial charge in [0.05, 0.1) is 0 Å². The Morgan fingerprint density at radius 3 is 2.55 bits per heavy atom. The van der Waals surface area contributed by atoms with Crippen molar-refractivity contribution < 1.29 is 14.7 Å². The molecule has 1 fully saturated rings. The van der Waals surface area contributed by atoms with Crippen molar-refractivity contribution in [1.29, 1.82) is 0 Å². The lowest BCUT2D eigenvalue weighted by atomic mass is 10.1. The molecule has 0 heterocycles. The van der Waals surface area contributed by atoms with Crippen molar-refractivity contribution in [3.63, 3.8) is 0 Å². The van der Waals surface area contributed by atoms with Gasteiger partial charge in [-0.05, 0) is 43.5 Å². The monoisotopic (exact) mass is 339 g/mol. The van der Waals surface area contributed by atoms with Crippen molar-refractivity contribution in [2.45, 2.75) is 38.6 Å². The SMILES string of the molecule is Cc1cc(C(=O)N(CC(=O)O)C2CCCC2)ccc1Br. The van der Waals surface area contributed by atoms with Crippen LogP contribution in [0, 0.1) is 6.92 Å². The third kappa shape index (κ3) is 3.39. The fraction of sp³-hybridized carbons (Fsp3) is 0.467. The molecule has 0 radical (unpaired) electrons. The molecule has 20 heavy (non-hydrogen) atoms. The number of aryl methyl sites for hydroxylation is 1. The molecular weight excluding hydrogens is 322 g/mol. The normalized spacial score (nSPS) is 15.3. The first-order valence-corrected chi connectivity index (χ1v) is 7.57. The van der Waals surface area contributed by atoms with Gasteiger partial charge in [-0.3, -0.25) is 9.59 Å². The van der Waals surface area contributed by atoms with E-state index < -0.39 is 5.97 Å². The number of hydrogen-bond donors (Lipinski definition) is 1. The number of halogens is 1. The van der Waals surface area contributed by atoms with Gasteiger partial charge in [0.15, 0.2) is 0 Å². The van der Waals surface area contributed by atoms with Crippen molar-refractivity contribution in [1.82, 2.24) is 4.90 Å². The maximum atomic E-state index is 12.6. The van der Waals surface area contributed by atoms with Crippen LogP contribution in [-0.2, 0) is 4.79 Å². The Hall–Kier alpha value is -1.36. The summed E-state index contributed by atoms with van der Waals surface area (Å²) in [5.74, 6) is -1.14. The molecule has 0 atom stereocenters. The number of hydrogen-bond acceptors (Lipinski definition) is 2. The highest BCUT2D eigenvalue weighted by Gasteiger charge is 2.29. The first-order valence-electron chi connectivity index (χ1n) is 6.78. The van der Waals surface area contributed by atoms with Crippen molar-refractivity contribution in [2.75, 3.05) is 6.54 Å². The van der Waals surface area contributed by atoms with E-state index in [-0.39, 0.29) is 18.5 Å². The zero-order valence-electron chi connectivity index (χ0n) is 11.4. The average molecular weight is 340 g/mol. The first kappa shape index (κ1) is 15.0. The minimum Gasteiger partial charge on any atom is -0.480 e. The summed E-state index contributed by atoms with van der Waals surface area (Å²) in [4.78, 5) is 25.1. The van der Waals surface area contributed by atoms with Gasteiger partial charge in [-0.15, -0.1) is 0 Å². The van der Waals surface area contributed by atoms with Gasteiger partial charge in [-0.2, -0.15) is 0 Å². The van der Waals surface area contributed by atoms with Gasteiger partial charge in [0.2, 0.25) is 0 Å². The lowest BCUT2D eigenvalue weighted by molar-refractivity contribution is -0.138. The van der Waals surface area contributed by atoms with Crippen LogP contribution in [0.15, 0.2) is 22.7 Å². The molecule has 1 aliphatic carbocycles. The first-order chi connectivity index (χ1) is 9.49. The molecule has 0 saturated heterocycles. The zero-order chi connectivity index (χ0) is 14.7. The van der Waals surface area contributed by atoms with E-state index in [1.54, 1.807) is 12.1 Å². The summed E-state index contributed by atoms with van der Waals surface area (Å²) in [6.45, 7) is 1.69. The van der Waals surface area contributed by atoms with Crippen LogP contribution >= 0.6 is 15.9 Å². The molecule has 0 bridgehead atoms. The average Bonchev–Trinajstić information content (AvgIpc) is 2.92. The molecule has 5 heteroatoms. The van der Waals surface area contributed by atoms with Crippen LogP contribution in [0.1, 0.15) is 41.6 Å². The smallest absolute Gasteiger partial charge is 0.323 e. The summed E-state index contributed by atoms with van der Waals surface area (Å²) < 4.78 is 0.944. The van der Waals surface area contributed by atoms with E-state index in [0.29, 0.717) is 5.56 Å². The van der Waals surface area contributed by atoms with Gasteiger partial charge in [0, 0.05) is 16.1 Å². The molecule has 0 aromatic heterocycles. The third-order valence-electron chi connectivity index (χ3n) is 3.74. The van der Waals surface area contributed by atoms with Crippen LogP contribution in [0.5, 0.6) is 0 Å². The van der Waals surface area contributed by atoms with Crippen LogP contribution < -0.4 is 0 Å². The molecule has 1 aromatic carbocycles. The van der Waals surface area contributed by atoms with Gasteiger partial charge < -0.3 is 10.0 Å². The number of amides is 1. The van der Waals surface area contributed by atoms with Crippen LogP contribution in [0.3, 0.4) is 0 Å². The Balaban J connectivity index is 2.24. The summed E-state index contributed by atoms with van der Waals surface area (Å²) in [5, 5.41) is 9.04. The Bertz CT molecular complexity index is 524. The van der Waals surface area contributed by atoms with E-state index in [2.05, 4.69) is 15.9 Å². The molecule has 1 amide bonds. The second-order valence-corrected chi connectivity index (χ2v) is 6.08. The van der Waals surface area contributed by atoms with Crippen molar-refractivity contribution in [3.8, 4) is 0 Å². The molecule has 0 unspecified atom stereocenters. The summed E-state index contributed by atoms with van der Waals surface area (Å²) in [6.07, 6.45) is 3.92. The Morgan fingerprint density at radius 2 is 2.00 bits per heavy atom.